The van der Waals surface area contributed by atoms with Crippen LogP contribution in [0.1, 0.15) is 25.8 Å². The van der Waals surface area contributed by atoms with Crippen molar-refractivity contribution in [2.45, 2.75) is 37.8 Å². The third kappa shape index (κ3) is 5.27. The van der Waals surface area contributed by atoms with Gasteiger partial charge in [0.1, 0.15) is 6.04 Å². The molecular weight excluding hydrogens is 366 g/mol. The van der Waals surface area contributed by atoms with Gasteiger partial charge < -0.3 is 10.5 Å². The van der Waals surface area contributed by atoms with Crippen LogP contribution in [0.25, 0.3) is 0 Å². The van der Waals surface area contributed by atoms with Crippen molar-refractivity contribution in [2.24, 2.45) is 5.92 Å². The standard InChI is InChI=1S/C19H25N3O4S/c1-14(2)11-18(19(23)26-3)22(13-15-5-4-10-21-12-15)27(24,25)17-8-6-16(20)7-9-17/h4-10,12,14,18H,11,13,20H2,1-3H3/t18-/m1/s1. The molecule has 0 radical (unpaired) electrons. The van der Waals surface area contributed by atoms with Gasteiger partial charge in [0.05, 0.1) is 12.0 Å². The van der Waals surface area contributed by atoms with Gasteiger partial charge in [0.15, 0.2) is 0 Å². The van der Waals surface area contributed by atoms with E-state index < -0.39 is 22.0 Å². The second kappa shape index (κ2) is 8.96. The molecule has 1 heterocycles. The van der Waals surface area contributed by atoms with Gasteiger partial charge in [-0.25, -0.2) is 8.42 Å². The molecule has 1 atom stereocenters. The lowest BCUT2D eigenvalue weighted by molar-refractivity contribution is -0.145. The second-order valence-electron chi connectivity index (χ2n) is 6.65. The molecule has 0 fully saturated rings. The number of pyridine rings is 1. The third-order valence-electron chi connectivity index (χ3n) is 4.06. The summed E-state index contributed by atoms with van der Waals surface area (Å²) in [4.78, 5) is 16.6. The predicted molar refractivity (Wildman–Crippen MR) is 103 cm³/mol. The quantitative estimate of drug-likeness (QED) is 0.548. The molecule has 2 rings (SSSR count). The molecule has 0 spiro atoms. The maximum absolute atomic E-state index is 13.3. The zero-order valence-corrected chi connectivity index (χ0v) is 16.5. The fourth-order valence-electron chi connectivity index (χ4n) is 2.72. The van der Waals surface area contributed by atoms with Gasteiger partial charge in [0.2, 0.25) is 10.0 Å². The van der Waals surface area contributed by atoms with Gasteiger partial charge >= 0.3 is 5.97 Å². The Morgan fingerprint density at radius 3 is 2.41 bits per heavy atom. The molecule has 2 N–H and O–H groups in total. The number of rotatable bonds is 8. The summed E-state index contributed by atoms with van der Waals surface area (Å²) >= 11 is 0. The molecule has 0 bridgehead atoms. The number of anilines is 1. The van der Waals surface area contributed by atoms with Gasteiger partial charge in [-0.2, -0.15) is 4.31 Å². The van der Waals surface area contributed by atoms with Gasteiger partial charge in [-0.05, 0) is 48.2 Å². The third-order valence-corrected chi connectivity index (χ3v) is 5.93. The molecule has 0 saturated carbocycles. The van der Waals surface area contributed by atoms with Gasteiger partial charge in [-0.15, -0.1) is 0 Å². The Morgan fingerprint density at radius 1 is 1.22 bits per heavy atom. The van der Waals surface area contributed by atoms with E-state index in [2.05, 4.69) is 4.98 Å². The molecule has 0 amide bonds. The first kappa shape index (κ1) is 20.9. The first-order valence-electron chi connectivity index (χ1n) is 8.59. The maximum atomic E-state index is 13.3. The monoisotopic (exact) mass is 391 g/mol. The van der Waals surface area contributed by atoms with Crippen molar-refractivity contribution in [3.63, 3.8) is 0 Å². The lowest BCUT2D eigenvalue weighted by Gasteiger charge is -2.30. The van der Waals surface area contributed by atoms with Crippen LogP contribution in [0.15, 0.2) is 53.7 Å². The maximum Gasteiger partial charge on any atom is 0.324 e. The van der Waals surface area contributed by atoms with E-state index in [0.29, 0.717) is 17.7 Å². The largest absolute Gasteiger partial charge is 0.468 e. The summed E-state index contributed by atoms with van der Waals surface area (Å²) in [5.41, 5.74) is 6.81. The fraction of sp³-hybridized carbons (Fsp3) is 0.368. The van der Waals surface area contributed by atoms with Gasteiger partial charge in [0.25, 0.3) is 0 Å². The average molecular weight is 391 g/mol. The Hall–Kier alpha value is -2.45. The van der Waals surface area contributed by atoms with E-state index in [0.717, 1.165) is 0 Å². The molecule has 0 aliphatic rings. The number of benzene rings is 1. The van der Waals surface area contributed by atoms with Crippen LogP contribution in [0.4, 0.5) is 5.69 Å². The number of nitrogens with two attached hydrogens (primary N) is 1. The minimum atomic E-state index is -3.97. The number of carbonyl (C=O) groups excluding carboxylic acids is 1. The van der Waals surface area contributed by atoms with Crippen LogP contribution < -0.4 is 5.73 Å². The number of nitrogens with zero attached hydrogens (tertiary/aromatic N) is 2. The predicted octanol–water partition coefficient (Wildman–Crippen LogP) is 2.44. The molecule has 146 valence electrons. The minimum absolute atomic E-state index is 0.00698. The molecule has 0 aliphatic heterocycles. The van der Waals surface area contributed by atoms with Crippen LogP contribution in [0.2, 0.25) is 0 Å². The Morgan fingerprint density at radius 2 is 1.89 bits per heavy atom. The van der Waals surface area contributed by atoms with Crippen molar-refractivity contribution in [2.75, 3.05) is 12.8 Å². The van der Waals surface area contributed by atoms with Gasteiger partial charge in [-0.3, -0.25) is 9.78 Å². The SMILES string of the molecule is COC(=O)[C@@H](CC(C)C)N(Cc1cccnc1)S(=O)(=O)c1ccc(N)cc1. The number of hydrogen-bond donors (Lipinski definition) is 1. The molecule has 2 aromatic rings. The van der Waals surface area contributed by atoms with E-state index in [-0.39, 0.29) is 17.4 Å². The van der Waals surface area contributed by atoms with Crippen molar-refractivity contribution in [1.29, 1.82) is 0 Å². The van der Waals surface area contributed by atoms with E-state index in [1.54, 1.807) is 24.5 Å². The number of carbonyl (C=O) groups is 1. The normalized spacial score (nSPS) is 12.9. The van der Waals surface area contributed by atoms with E-state index in [1.165, 1.54) is 35.7 Å². The van der Waals surface area contributed by atoms with Crippen LogP contribution in [0, 0.1) is 5.92 Å². The van der Waals surface area contributed by atoms with Crippen molar-refractivity contribution in [3.8, 4) is 0 Å². The van der Waals surface area contributed by atoms with Crippen molar-refractivity contribution in [1.82, 2.24) is 9.29 Å². The molecule has 1 aromatic carbocycles. The first-order chi connectivity index (χ1) is 12.8. The Labute approximate surface area is 160 Å². The summed E-state index contributed by atoms with van der Waals surface area (Å²) in [7, 11) is -2.71. The number of esters is 1. The van der Waals surface area contributed by atoms with E-state index in [9.17, 15) is 13.2 Å². The topological polar surface area (TPSA) is 103 Å². The van der Waals surface area contributed by atoms with E-state index >= 15 is 0 Å². The van der Waals surface area contributed by atoms with Crippen LogP contribution >= 0.6 is 0 Å². The molecule has 27 heavy (non-hydrogen) atoms. The van der Waals surface area contributed by atoms with Crippen molar-refractivity contribution < 1.29 is 17.9 Å². The van der Waals surface area contributed by atoms with E-state index in [4.69, 9.17) is 10.5 Å². The molecule has 0 aliphatic carbocycles. The number of hydrogen-bond acceptors (Lipinski definition) is 6. The number of methoxy groups -OCH3 is 1. The zero-order valence-electron chi connectivity index (χ0n) is 15.7. The summed E-state index contributed by atoms with van der Waals surface area (Å²) < 4.78 is 32.8. The summed E-state index contributed by atoms with van der Waals surface area (Å²) in [6.45, 7) is 3.86. The van der Waals surface area contributed by atoms with Crippen LogP contribution in [0.5, 0.6) is 0 Å². The summed E-state index contributed by atoms with van der Waals surface area (Å²) in [6, 6.07) is 8.45. The number of ether oxygens (including phenoxy) is 1. The lowest BCUT2D eigenvalue weighted by atomic mass is 10.0. The summed E-state index contributed by atoms with van der Waals surface area (Å²) in [6.07, 6.45) is 3.52. The Bertz CT molecular complexity index is 852. The number of nitrogen functional groups attached to an aromatic ring is 1. The number of sulfonamides is 1. The molecule has 8 heteroatoms. The molecule has 0 saturated heterocycles. The van der Waals surface area contributed by atoms with Crippen molar-refractivity contribution >= 4 is 21.7 Å². The summed E-state index contributed by atoms with van der Waals surface area (Å²) in [5.74, 6) is -0.501. The molecule has 1 aromatic heterocycles. The van der Waals surface area contributed by atoms with E-state index in [1.807, 2.05) is 13.8 Å². The Balaban J connectivity index is 2.53. The highest BCUT2D eigenvalue weighted by molar-refractivity contribution is 7.89. The highest BCUT2D eigenvalue weighted by Crippen LogP contribution is 2.25. The zero-order chi connectivity index (χ0) is 20.0. The van der Waals surface area contributed by atoms with Crippen LogP contribution in [-0.2, 0) is 26.1 Å². The first-order valence-corrected chi connectivity index (χ1v) is 10.0. The van der Waals surface area contributed by atoms with Crippen LogP contribution in [0.3, 0.4) is 0 Å². The van der Waals surface area contributed by atoms with Crippen LogP contribution in [-0.4, -0.2) is 36.8 Å². The lowest BCUT2D eigenvalue weighted by Crippen LogP contribution is -2.45. The highest BCUT2D eigenvalue weighted by Gasteiger charge is 2.37. The Kier molecular flexibility index (Phi) is 6.92. The second-order valence-corrected chi connectivity index (χ2v) is 8.54. The molecule has 0 unspecified atom stereocenters. The highest BCUT2D eigenvalue weighted by atomic mass is 32.2. The molecule has 7 nitrogen and oxygen atoms in total. The molecular formula is C19H25N3O4S. The van der Waals surface area contributed by atoms with Gasteiger partial charge in [-0.1, -0.05) is 19.9 Å². The minimum Gasteiger partial charge on any atom is -0.468 e. The average Bonchev–Trinajstić information content (AvgIpc) is 2.64. The smallest absolute Gasteiger partial charge is 0.324 e. The van der Waals surface area contributed by atoms with Crippen molar-refractivity contribution in [3.05, 3.63) is 54.4 Å². The fourth-order valence-corrected chi connectivity index (χ4v) is 4.30. The van der Waals surface area contributed by atoms with Gasteiger partial charge in [0, 0.05) is 24.6 Å². The summed E-state index contributed by atoms with van der Waals surface area (Å²) in [5, 5.41) is 0. The number of aromatic nitrogens is 1.